The number of hydrogen-bond donors (Lipinski definition) is 2. The number of aromatic nitrogens is 1. The molecule has 0 spiro atoms. The zero-order valence-corrected chi connectivity index (χ0v) is 11.1. The summed E-state index contributed by atoms with van der Waals surface area (Å²) in [6.07, 6.45) is 0.137. The fourth-order valence-corrected chi connectivity index (χ4v) is 2.44. The molecule has 2 aromatic carbocycles. The summed E-state index contributed by atoms with van der Waals surface area (Å²) in [5.74, 6) is 0.438. The Labute approximate surface area is 119 Å². The highest BCUT2D eigenvalue weighted by atomic mass is 16.6. The summed E-state index contributed by atoms with van der Waals surface area (Å²) < 4.78 is 10.6. The first-order chi connectivity index (χ1) is 10.2. The van der Waals surface area contributed by atoms with Gasteiger partial charge >= 0.3 is 0 Å². The SMILES string of the molecule is O=c1c2ccccc2[nH]c2cc(OCC3CO3)cc(O)c12. The molecule has 4 rings (SSSR count). The molecule has 21 heavy (non-hydrogen) atoms. The van der Waals surface area contributed by atoms with E-state index in [-0.39, 0.29) is 22.7 Å². The van der Waals surface area contributed by atoms with Crippen molar-refractivity contribution in [3.63, 3.8) is 0 Å². The van der Waals surface area contributed by atoms with E-state index >= 15 is 0 Å². The third-order valence-corrected chi connectivity index (χ3v) is 3.60. The van der Waals surface area contributed by atoms with Gasteiger partial charge in [-0.3, -0.25) is 4.79 Å². The van der Waals surface area contributed by atoms with Crippen molar-refractivity contribution in [3.8, 4) is 11.5 Å². The number of fused-ring (bicyclic) bond motifs is 2. The second-order valence-corrected chi connectivity index (χ2v) is 5.13. The zero-order valence-electron chi connectivity index (χ0n) is 11.1. The van der Waals surface area contributed by atoms with Crippen molar-refractivity contribution in [2.45, 2.75) is 6.10 Å². The zero-order chi connectivity index (χ0) is 14.4. The molecule has 1 aromatic heterocycles. The number of para-hydroxylation sites is 1. The number of aromatic hydroxyl groups is 1. The average molecular weight is 283 g/mol. The Morgan fingerprint density at radius 2 is 2.10 bits per heavy atom. The van der Waals surface area contributed by atoms with Gasteiger partial charge in [0, 0.05) is 23.0 Å². The Morgan fingerprint density at radius 3 is 2.90 bits per heavy atom. The first-order valence-corrected chi connectivity index (χ1v) is 6.74. The highest BCUT2D eigenvalue weighted by molar-refractivity contribution is 5.96. The second kappa shape index (κ2) is 4.49. The molecule has 5 nitrogen and oxygen atoms in total. The van der Waals surface area contributed by atoms with Crippen molar-refractivity contribution in [1.29, 1.82) is 0 Å². The lowest BCUT2D eigenvalue weighted by Gasteiger charge is -2.08. The minimum absolute atomic E-state index is 0.0776. The van der Waals surface area contributed by atoms with E-state index < -0.39 is 0 Å². The topological polar surface area (TPSA) is 74.9 Å². The van der Waals surface area contributed by atoms with E-state index in [4.69, 9.17) is 9.47 Å². The van der Waals surface area contributed by atoms with E-state index in [1.165, 1.54) is 6.07 Å². The number of phenolic OH excluding ortho intramolecular Hbond substituents is 1. The summed E-state index contributed by atoms with van der Waals surface area (Å²) in [4.78, 5) is 15.6. The van der Waals surface area contributed by atoms with Crippen LogP contribution in [0.25, 0.3) is 21.8 Å². The lowest BCUT2D eigenvalue weighted by atomic mass is 10.1. The van der Waals surface area contributed by atoms with Crippen LogP contribution in [-0.2, 0) is 4.74 Å². The number of aromatic amines is 1. The Hall–Kier alpha value is -2.53. The molecule has 1 fully saturated rings. The van der Waals surface area contributed by atoms with Crippen LogP contribution >= 0.6 is 0 Å². The number of rotatable bonds is 3. The van der Waals surface area contributed by atoms with Crippen LogP contribution in [0.3, 0.4) is 0 Å². The molecular weight excluding hydrogens is 270 g/mol. The number of H-pyrrole nitrogens is 1. The maximum absolute atomic E-state index is 12.5. The largest absolute Gasteiger partial charge is 0.507 e. The van der Waals surface area contributed by atoms with E-state index in [9.17, 15) is 9.90 Å². The number of benzene rings is 2. The highest BCUT2D eigenvalue weighted by Crippen LogP contribution is 2.29. The van der Waals surface area contributed by atoms with Crippen molar-refractivity contribution in [2.75, 3.05) is 13.2 Å². The molecule has 1 aliphatic heterocycles. The smallest absolute Gasteiger partial charge is 0.200 e. The summed E-state index contributed by atoms with van der Waals surface area (Å²) in [6, 6.07) is 10.4. The first kappa shape index (κ1) is 12.2. The molecule has 0 radical (unpaired) electrons. The number of pyridine rings is 1. The van der Waals surface area contributed by atoms with Gasteiger partial charge in [-0.25, -0.2) is 0 Å². The quantitative estimate of drug-likeness (QED) is 0.570. The lowest BCUT2D eigenvalue weighted by Crippen LogP contribution is -2.06. The predicted octanol–water partition coefficient (Wildman–Crippen LogP) is 2.16. The van der Waals surface area contributed by atoms with Crippen LogP contribution in [0.1, 0.15) is 0 Å². The van der Waals surface area contributed by atoms with Gasteiger partial charge in [0.2, 0.25) is 5.43 Å². The molecule has 1 atom stereocenters. The summed E-state index contributed by atoms with van der Waals surface area (Å²) in [7, 11) is 0. The molecule has 2 N–H and O–H groups in total. The highest BCUT2D eigenvalue weighted by Gasteiger charge is 2.23. The standard InChI is InChI=1S/C16H13NO4/c18-14-6-9(20-7-10-8-21-10)5-13-15(14)16(19)11-3-1-2-4-12(11)17-13/h1-6,10,18H,7-8H2,(H,17,19). The van der Waals surface area contributed by atoms with Gasteiger partial charge in [-0.15, -0.1) is 0 Å². The maximum atomic E-state index is 12.5. The monoisotopic (exact) mass is 283 g/mol. The molecule has 0 aliphatic carbocycles. The molecule has 1 aliphatic rings. The van der Waals surface area contributed by atoms with Crippen LogP contribution < -0.4 is 10.2 Å². The molecule has 3 aromatic rings. The fourth-order valence-electron chi connectivity index (χ4n) is 2.44. The summed E-state index contributed by atoms with van der Waals surface area (Å²) in [6.45, 7) is 1.16. The average Bonchev–Trinajstić information content (AvgIpc) is 3.29. The van der Waals surface area contributed by atoms with E-state index in [0.717, 1.165) is 5.52 Å². The van der Waals surface area contributed by atoms with Crippen molar-refractivity contribution >= 4 is 21.8 Å². The minimum atomic E-state index is -0.186. The normalized spacial score (nSPS) is 17.2. The third-order valence-electron chi connectivity index (χ3n) is 3.60. The van der Waals surface area contributed by atoms with E-state index in [1.807, 2.05) is 12.1 Å². The van der Waals surface area contributed by atoms with Crippen LogP contribution in [0.15, 0.2) is 41.2 Å². The minimum Gasteiger partial charge on any atom is -0.507 e. The molecule has 2 heterocycles. The Kier molecular flexibility index (Phi) is 2.62. The van der Waals surface area contributed by atoms with Crippen LogP contribution in [0.4, 0.5) is 0 Å². The molecular formula is C16H13NO4. The van der Waals surface area contributed by atoms with Gasteiger partial charge in [0.15, 0.2) is 0 Å². The van der Waals surface area contributed by atoms with Gasteiger partial charge in [0.25, 0.3) is 0 Å². The molecule has 0 saturated carbocycles. The van der Waals surface area contributed by atoms with Crippen LogP contribution in [0, 0.1) is 0 Å². The lowest BCUT2D eigenvalue weighted by molar-refractivity contribution is 0.262. The van der Waals surface area contributed by atoms with Crippen molar-refractivity contribution < 1.29 is 14.6 Å². The van der Waals surface area contributed by atoms with Gasteiger partial charge in [0.1, 0.15) is 24.2 Å². The van der Waals surface area contributed by atoms with E-state index in [2.05, 4.69) is 4.98 Å². The third kappa shape index (κ3) is 2.11. The summed E-state index contributed by atoms with van der Waals surface area (Å²) in [5.41, 5.74) is 1.11. The molecule has 0 bridgehead atoms. The maximum Gasteiger partial charge on any atom is 0.200 e. The number of epoxide rings is 1. The summed E-state index contributed by atoms with van der Waals surface area (Å²) >= 11 is 0. The van der Waals surface area contributed by atoms with E-state index in [0.29, 0.717) is 29.9 Å². The second-order valence-electron chi connectivity index (χ2n) is 5.13. The Bertz CT molecular complexity index is 896. The van der Waals surface area contributed by atoms with Crippen LogP contribution in [0.5, 0.6) is 11.5 Å². The Balaban J connectivity index is 1.90. The molecule has 0 amide bonds. The van der Waals surface area contributed by atoms with Gasteiger partial charge in [-0.1, -0.05) is 12.1 Å². The van der Waals surface area contributed by atoms with E-state index in [1.54, 1.807) is 18.2 Å². The number of hydrogen-bond acceptors (Lipinski definition) is 4. The van der Waals surface area contributed by atoms with Crippen molar-refractivity contribution in [1.82, 2.24) is 4.98 Å². The Morgan fingerprint density at radius 1 is 1.29 bits per heavy atom. The van der Waals surface area contributed by atoms with Gasteiger partial charge in [-0.05, 0) is 12.1 Å². The summed E-state index contributed by atoms with van der Waals surface area (Å²) in [5, 5.41) is 11.0. The van der Waals surface area contributed by atoms with Crippen LogP contribution in [-0.4, -0.2) is 29.4 Å². The number of phenols is 1. The fraction of sp³-hybridized carbons (Fsp3) is 0.188. The van der Waals surface area contributed by atoms with Gasteiger partial charge in [0.05, 0.1) is 17.5 Å². The van der Waals surface area contributed by atoms with Crippen molar-refractivity contribution in [2.24, 2.45) is 0 Å². The van der Waals surface area contributed by atoms with Crippen LogP contribution in [0.2, 0.25) is 0 Å². The predicted molar refractivity (Wildman–Crippen MR) is 79.0 cm³/mol. The molecule has 5 heteroatoms. The molecule has 1 unspecified atom stereocenters. The number of nitrogens with one attached hydrogen (secondary N) is 1. The molecule has 106 valence electrons. The number of ether oxygens (including phenoxy) is 2. The van der Waals surface area contributed by atoms with Crippen molar-refractivity contribution in [3.05, 3.63) is 46.6 Å². The first-order valence-electron chi connectivity index (χ1n) is 6.74. The van der Waals surface area contributed by atoms with Gasteiger partial charge in [-0.2, -0.15) is 0 Å². The molecule has 1 saturated heterocycles. The van der Waals surface area contributed by atoms with Gasteiger partial charge < -0.3 is 19.6 Å².